The molecular formula is C24H20N4O3S. The largest absolute Gasteiger partial charge is 0.347 e. The zero-order valence-corrected chi connectivity index (χ0v) is 18.2. The Morgan fingerprint density at radius 1 is 1.19 bits per heavy atom. The van der Waals surface area contributed by atoms with Crippen molar-refractivity contribution in [1.82, 2.24) is 4.98 Å². The Labute approximate surface area is 189 Å². The molecule has 1 N–H and O–H groups in total. The molecule has 4 rings (SSSR count). The van der Waals surface area contributed by atoms with Gasteiger partial charge in [-0.3, -0.25) is 4.79 Å². The third-order valence-electron chi connectivity index (χ3n) is 5.27. The average molecular weight is 445 g/mol. The van der Waals surface area contributed by atoms with Crippen molar-refractivity contribution in [2.24, 2.45) is 0 Å². The first-order valence-electron chi connectivity index (χ1n) is 10.00. The standard InChI is InChI=1S/C24H20N4O3S/c1-16-20(18-7-5-17(13-25)6-8-18)3-2-4-21(16)24(29)27-19-9-10-22(26-14-19)28-11-12-31-23(15-28)32-30/h2-10,14H,11-12,15H2,1H3,(H,27,29). The van der Waals surface area contributed by atoms with E-state index in [-0.39, 0.29) is 5.91 Å². The van der Waals surface area contributed by atoms with Crippen molar-refractivity contribution in [3.8, 4) is 17.2 Å². The molecule has 1 amide bonds. The van der Waals surface area contributed by atoms with Crippen LogP contribution in [-0.2, 0) is 16.0 Å². The van der Waals surface area contributed by atoms with Crippen molar-refractivity contribution >= 4 is 33.7 Å². The van der Waals surface area contributed by atoms with Gasteiger partial charge in [-0.1, -0.05) is 24.3 Å². The number of nitrogens with zero attached hydrogens (tertiary/aromatic N) is 3. The Morgan fingerprint density at radius 2 is 2.00 bits per heavy atom. The number of nitriles is 1. The predicted octanol–water partition coefficient (Wildman–Crippen LogP) is 3.36. The third-order valence-corrected chi connectivity index (χ3v) is 5.70. The summed E-state index contributed by atoms with van der Waals surface area (Å²) in [4.78, 5) is 19.3. The van der Waals surface area contributed by atoms with Gasteiger partial charge < -0.3 is 15.0 Å². The molecule has 0 radical (unpaired) electrons. The number of hydrogen-bond acceptors (Lipinski definition) is 6. The Bertz CT molecular complexity index is 1240. The van der Waals surface area contributed by atoms with Crippen LogP contribution in [0, 0.1) is 18.3 Å². The molecule has 0 unspecified atom stereocenters. The number of rotatable bonds is 4. The lowest BCUT2D eigenvalue weighted by molar-refractivity contribution is 0.102. The van der Waals surface area contributed by atoms with Gasteiger partial charge in [0.1, 0.15) is 17.1 Å². The smallest absolute Gasteiger partial charge is 0.255 e. The van der Waals surface area contributed by atoms with Crippen LogP contribution in [0.1, 0.15) is 21.5 Å². The molecule has 160 valence electrons. The summed E-state index contributed by atoms with van der Waals surface area (Å²) < 4.78 is 16.3. The highest BCUT2D eigenvalue weighted by molar-refractivity contribution is 7.66. The monoisotopic (exact) mass is 444 g/mol. The first kappa shape index (κ1) is 21.4. The highest BCUT2D eigenvalue weighted by Gasteiger charge is 2.18. The number of ether oxygens (including phenoxy) is 1. The molecule has 0 atom stereocenters. The van der Waals surface area contributed by atoms with Gasteiger partial charge in [0.2, 0.25) is 0 Å². The summed E-state index contributed by atoms with van der Waals surface area (Å²) in [6.45, 7) is 3.39. The fourth-order valence-corrected chi connectivity index (χ4v) is 3.90. The zero-order chi connectivity index (χ0) is 22.5. The first-order valence-corrected chi connectivity index (χ1v) is 10.7. The number of hydrogen-bond donors (Lipinski definition) is 1. The van der Waals surface area contributed by atoms with Crippen molar-refractivity contribution in [1.29, 1.82) is 5.26 Å². The topological polar surface area (TPSA) is 95.3 Å². The molecule has 2 aromatic carbocycles. The minimum Gasteiger partial charge on any atom is -0.347 e. The number of benzene rings is 2. The summed E-state index contributed by atoms with van der Waals surface area (Å²) in [6, 6.07) is 18.6. The van der Waals surface area contributed by atoms with E-state index in [0.29, 0.717) is 52.8 Å². The number of amides is 1. The Balaban J connectivity index is 1.50. The van der Waals surface area contributed by atoms with Crippen LogP contribution in [0.15, 0.2) is 60.8 Å². The van der Waals surface area contributed by atoms with Crippen LogP contribution in [0.4, 0.5) is 11.5 Å². The van der Waals surface area contributed by atoms with Crippen LogP contribution >= 0.6 is 0 Å². The molecule has 1 saturated heterocycles. The molecule has 0 spiro atoms. The van der Waals surface area contributed by atoms with E-state index >= 15 is 0 Å². The lowest BCUT2D eigenvalue weighted by atomic mass is 9.95. The zero-order valence-electron chi connectivity index (χ0n) is 17.4. The van der Waals surface area contributed by atoms with Gasteiger partial charge in [0.15, 0.2) is 5.05 Å². The SMILES string of the molecule is Cc1c(C(=O)Nc2ccc(N3CCOC(=S=O)C3)nc2)cccc1-c1ccc(C#N)cc1. The van der Waals surface area contributed by atoms with Crippen LogP contribution < -0.4 is 10.2 Å². The van der Waals surface area contributed by atoms with Gasteiger partial charge in [-0.25, -0.2) is 9.19 Å². The first-order chi connectivity index (χ1) is 15.6. The Hall–Kier alpha value is -3.80. The van der Waals surface area contributed by atoms with E-state index in [1.165, 1.54) is 0 Å². The molecule has 8 heteroatoms. The van der Waals surface area contributed by atoms with Gasteiger partial charge in [0, 0.05) is 12.1 Å². The maximum absolute atomic E-state index is 12.9. The molecule has 7 nitrogen and oxygen atoms in total. The molecule has 32 heavy (non-hydrogen) atoms. The molecule has 0 saturated carbocycles. The van der Waals surface area contributed by atoms with Crippen molar-refractivity contribution in [2.75, 3.05) is 29.9 Å². The maximum atomic E-state index is 12.9. The lowest BCUT2D eigenvalue weighted by Gasteiger charge is -2.27. The minimum atomic E-state index is -0.225. The second-order valence-corrected chi connectivity index (χ2v) is 7.87. The van der Waals surface area contributed by atoms with Gasteiger partial charge in [-0.2, -0.15) is 5.26 Å². The molecule has 3 aromatic rings. The number of carbonyl (C=O) groups excluding carboxylic acids is 1. The number of aromatic nitrogens is 1. The maximum Gasteiger partial charge on any atom is 0.255 e. The van der Waals surface area contributed by atoms with E-state index in [1.54, 1.807) is 30.5 Å². The van der Waals surface area contributed by atoms with E-state index in [9.17, 15) is 9.00 Å². The molecule has 1 fully saturated rings. The van der Waals surface area contributed by atoms with Crippen molar-refractivity contribution < 1.29 is 13.7 Å². The minimum absolute atomic E-state index is 0.225. The Kier molecular flexibility index (Phi) is 6.40. The molecular weight excluding hydrogens is 424 g/mol. The van der Waals surface area contributed by atoms with Gasteiger partial charge in [-0.15, -0.1) is 0 Å². The van der Waals surface area contributed by atoms with Crippen molar-refractivity contribution in [3.63, 3.8) is 0 Å². The van der Waals surface area contributed by atoms with E-state index < -0.39 is 0 Å². The number of morpholine rings is 1. The number of carbonyl (C=O) groups is 1. The second kappa shape index (κ2) is 9.56. The highest BCUT2D eigenvalue weighted by atomic mass is 32.1. The van der Waals surface area contributed by atoms with E-state index in [2.05, 4.69) is 16.4 Å². The molecule has 0 bridgehead atoms. The van der Waals surface area contributed by atoms with Crippen LogP contribution in [0.5, 0.6) is 0 Å². The summed E-state index contributed by atoms with van der Waals surface area (Å²) >= 11 is 0.360. The fraction of sp³-hybridized carbons (Fsp3) is 0.167. The normalized spacial score (nSPS) is 13.4. The van der Waals surface area contributed by atoms with Gasteiger partial charge in [-0.05, 0) is 53.9 Å². The summed E-state index contributed by atoms with van der Waals surface area (Å²) in [5.41, 5.74) is 4.47. The van der Waals surface area contributed by atoms with Gasteiger partial charge in [0.05, 0.1) is 36.7 Å². The average Bonchev–Trinajstić information content (AvgIpc) is 2.84. The molecule has 0 aliphatic carbocycles. The van der Waals surface area contributed by atoms with Crippen molar-refractivity contribution in [2.45, 2.75) is 6.92 Å². The van der Waals surface area contributed by atoms with Crippen LogP contribution in [0.25, 0.3) is 11.1 Å². The van der Waals surface area contributed by atoms with E-state index in [0.717, 1.165) is 22.5 Å². The fourth-order valence-electron chi connectivity index (χ4n) is 3.56. The third kappa shape index (κ3) is 4.59. The van der Waals surface area contributed by atoms with Crippen LogP contribution in [0.2, 0.25) is 0 Å². The summed E-state index contributed by atoms with van der Waals surface area (Å²) in [5.74, 6) is 0.495. The Morgan fingerprint density at radius 3 is 2.69 bits per heavy atom. The highest BCUT2D eigenvalue weighted by Crippen LogP contribution is 2.27. The van der Waals surface area contributed by atoms with Gasteiger partial charge >= 0.3 is 0 Å². The number of anilines is 2. The molecule has 1 aliphatic heterocycles. The molecule has 1 aliphatic rings. The van der Waals surface area contributed by atoms with Crippen molar-refractivity contribution in [3.05, 3.63) is 77.5 Å². The van der Waals surface area contributed by atoms with Crippen LogP contribution in [0.3, 0.4) is 0 Å². The summed E-state index contributed by atoms with van der Waals surface area (Å²) in [5, 5.41) is 12.3. The summed E-state index contributed by atoms with van der Waals surface area (Å²) in [7, 11) is 0. The predicted molar refractivity (Wildman–Crippen MR) is 125 cm³/mol. The summed E-state index contributed by atoms with van der Waals surface area (Å²) in [6.07, 6.45) is 1.60. The van der Waals surface area contributed by atoms with Gasteiger partial charge in [0.25, 0.3) is 5.91 Å². The number of nitrogens with one attached hydrogen (secondary N) is 1. The molecule has 2 heterocycles. The quantitative estimate of drug-likeness (QED) is 0.620. The van der Waals surface area contributed by atoms with E-state index in [1.807, 2.05) is 42.2 Å². The van der Waals surface area contributed by atoms with Crippen LogP contribution in [-0.4, -0.2) is 39.8 Å². The lowest BCUT2D eigenvalue weighted by Crippen LogP contribution is -2.40. The molecule has 1 aromatic heterocycles. The van der Waals surface area contributed by atoms with E-state index in [4.69, 9.17) is 10.00 Å². The second-order valence-electron chi connectivity index (χ2n) is 7.25. The number of pyridine rings is 1.